The van der Waals surface area contributed by atoms with E-state index in [-0.39, 0.29) is 0 Å². The van der Waals surface area contributed by atoms with Crippen LogP contribution < -0.4 is 5.73 Å². The van der Waals surface area contributed by atoms with E-state index < -0.39 is 82.6 Å². The van der Waals surface area contributed by atoms with Crippen LogP contribution in [0.25, 0.3) is 11.1 Å². The summed E-state index contributed by atoms with van der Waals surface area (Å²) >= 11 is 6.74. The van der Waals surface area contributed by atoms with Crippen molar-refractivity contribution in [3.63, 3.8) is 0 Å². The highest BCUT2D eigenvalue weighted by molar-refractivity contribution is 14.1. The van der Waals surface area contributed by atoms with Crippen LogP contribution >= 0.6 is 67.8 Å². The topological polar surface area (TPSA) is 201 Å². The number of hydrogen-bond donors (Lipinski definition) is 1. The number of carbonyl (C=O) groups excluding carboxylic acids is 5. The van der Waals surface area contributed by atoms with Crippen molar-refractivity contribution in [2.75, 3.05) is 6.61 Å². The average molecular weight is 1010 g/mol. The van der Waals surface area contributed by atoms with E-state index in [0.717, 1.165) is 67.9 Å². The van der Waals surface area contributed by atoms with Gasteiger partial charge in [0.2, 0.25) is 5.78 Å². The van der Waals surface area contributed by atoms with Crippen molar-refractivity contribution < 1.29 is 52.6 Å². The van der Waals surface area contributed by atoms with Gasteiger partial charge in [0, 0.05) is 50.0 Å². The van der Waals surface area contributed by atoms with Crippen molar-refractivity contribution in [2.45, 2.75) is 84.5 Å². The molecule has 1 aliphatic rings. The zero-order valence-corrected chi connectivity index (χ0v) is 33.2. The zero-order chi connectivity index (χ0) is 36.2. The predicted octanol–water partition coefficient (Wildman–Crippen LogP) is 4.80. The number of nitrogens with zero attached hydrogens (tertiary/aromatic N) is 1. The number of Topliss-reactive ketones (excluding diaryl/α,β-unsaturated/α-hetero) is 1. The molecule has 48 heavy (non-hydrogen) atoms. The van der Waals surface area contributed by atoms with Crippen molar-refractivity contribution in [2.24, 2.45) is 5.73 Å². The molecule has 1 saturated heterocycles. The first-order valence-corrected chi connectivity index (χ1v) is 17.8. The lowest BCUT2D eigenvalue weighted by molar-refractivity contribution is -0.385. The summed E-state index contributed by atoms with van der Waals surface area (Å²) in [5.41, 5.74) is 8.67. The summed E-state index contributed by atoms with van der Waals surface area (Å²) in [6.45, 7) is 7.47. The van der Waals surface area contributed by atoms with Gasteiger partial charge in [0.25, 0.3) is 11.5 Å². The molecule has 1 heterocycles. The molecule has 2 N–H and O–H groups in total. The van der Waals surface area contributed by atoms with Gasteiger partial charge in [-0.3, -0.25) is 34.1 Å². The molecule has 1 fully saturated rings. The normalized spacial score (nSPS) is 22.0. The number of benzene rings is 2. The molecule has 1 aliphatic heterocycles. The van der Waals surface area contributed by atoms with Gasteiger partial charge in [-0.25, -0.2) is 0 Å². The van der Waals surface area contributed by atoms with Crippen molar-refractivity contribution in [1.29, 1.82) is 0 Å². The first-order valence-electron chi connectivity index (χ1n) is 14.5. The van der Waals surface area contributed by atoms with Crippen LogP contribution in [0.3, 0.4) is 0 Å². The Balaban J connectivity index is 2.32. The first-order chi connectivity index (χ1) is 22.4. The van der Waals surface area contributed by atoms with E-state index in [1.54, 1.807) is 0 Å². The van der Waals surface area contributed by atoms with E-state index in [1.807, 2.05) is 13.8 Å². The molecule has 0 radical (unpaired) electrons. The van der Waals surface area contributed by atoms with Crippen LogP contribution in [0.5, 0.6) is 0 Å². The van der Waals surface area contributed by atoms with Crippen LogP contribution in [0.15, 0.2) is 18.2 Å². The number of rotatable bonds is 11. The SMILES string of the molecule is CCc1c(I)c(CC)c(I)c(-c2ccc(C(=O)C3(OC(C)=O)O[C@H](COC(C)=O)[C@@H](OC(C)=O)[C@H](OC(C)=O)[C@H]3N)c([N+](=O)[O-])c2)c1I. The second-order valence-electron chi connectivity index (χ2n) is 10.7. The van der Waals surface area contributed by atoms with Crippen molar-refractivity contribution >= 4 is 103 Å². The number of nitro benzene ring substituents is 1. The Morgan fingerprint density at radius 3 is 1.88 bits per heavy atom. The van der Waals surface area contributed by atoms with E-state index in [2.05, 4.69) is 67.8 Å². The number of esters is 4. The molecule has 3 rings (SSSR count). The molecule has 5 atom stereocenters. The number of carbonyl (C=O) groups is 5. The molecule has 14 nitrogen and oxygen atoms in total. The van der Waals surface area contributed by atoms with Gasteiger partial charge in [-0.1, -0.05) is 19.9 Å². The van der Waals surface area contributed by atoms with Crippen LogP contribution in [0, 0.1) is 20.8 Å². The summed E-state index contributed by atoms with van der Waals surface area (Å²) in [7, 11) is 0. The number of ketones is 1. The predicted molar refractivity (Wildman–Crippen MR) is 195 cm³/mol. The fourth-order valence-corrected chi connectivity index (χ4v) is 10.7. The maximum absolute atomic E-state index is 14.5. The van der Waals surface area contributed by atoms with Gasteiger partial charge >= 0.3 is 23.9 Å². The minimum absolute atomic E-state index is 0.462. The molecule has 260 valence electrons. The molecule has 0 amide bonds. The van der Waals surface area contributed by atoms with Gasteiger partial charge in [0.15, 0.2) is 12.2 Å². The van der Waals surface area contributed by atoms with Crippen LogP contribution in [0.1, 0.15) is 63.0 Å². The van der Waals surface area contributed by atoms with Gasteiger partial charge in [0.1, 0.15) is 24.3 Å². The summed E-state index contributed by atoms with van der Waals surface area (Å²) in [5, 5.41) is 12.6. The molecule has 0 saturated carbocycles. The second kappa shape index (κ2) is 16.5. The third-order valence-electron chi connectivity index (χ3n) is 7.41. The highest BCUT2D eigenvalue weighted by Crippen LogP contribution is 2.42. The highest BCUT2D eigenvalue weighted by atomic mass is 127. The molecular formula is C31H33I3N2O12. The molecule has 2 aromatic carbocycles. The van der Waals surface area contributed by atoms with E-state index in [9.17, 15) is 34.1 Å². The lowest BCUT2D eigenvalue weighted by atomic mass is 9.84. The molecule has 0 spiro atoms. The third-order valence-corrected chi connectivity index (χ3v) is 11.1. The summed E-state index contributed by atoms with van der Waals surface area (Å²) in [6, 6.07) is 2.10. The number of halogens is 3. The Hall–Kier alpha value is -2.50. The largest absolute Gasteiger partial charge is 0.463 e. The number of nitro groups is 1. The molecule has 0 aromatic heterocycles. The Kier molecular flexibility index (Phi) is 13.7. The van der Waals surface area contributed by atoms with E-state index in [1.165, 1.54) is 18.2 Å². The minimum Gasteiger partial charge on any atom is -0.463 e. The average Bonchev–Trinajstić information content (AvgIpc) is 2.99. The minimum atomic E-state index is -2.86. The van der Waals surface area contributed by atoms with Gasteiger partial charge in [-0.05, 0) is 103 Å². The summed E-state index contributed by atoms with van der Waals surface area (Å²) < 4.78 is 30.1. The lowest BCUT2D eigenvalue weighted by Crippen LogP contribution is -2.73. The summed E-state index contributed by atoms with van der Waals surface area (Å²) in [4.78, 5) is 74.8. The molecule has 0 bridgehead atoms. The number of hydrogen-bond acceptors (Lipinski definition) is 13. The Labute approximate surface area is 317 Å². The van der Waals surface area contributed by atoms with Gasteiger partial charge in [0.05, 0.1) is 4.92 Å². The first kappa shape index (κ1) is 39.9. The van der Waals surface area contributed by atoms with Crippen molar-refractivity contribution in [3.8, 4) is 11.1 Å². The quantitative estimate of drug-likeness (QED) is 0.0805. The maximum Gasteiger partial charge on any atom is 0.305 e. The van der Waals surface area contributed by atoms with Crippen LogP contribution in [0.2, 0.25) is 0 Å². The monoisotopic (exact) mass is 1010 g/mol. The van der Waals surface area contributed by atoms with Gasteiger partial charge in [-0.2, -0.15) is 0 Å². The Bertz CT molecular complexity index is 1630. The Morgan fingerprint density at radius 1 is 0.875 bits per heavy atom. The molecule has 2 aromatic rings. The van der Waals surface area contributed by atoms with E-state index in [0.29, 0.717) is 5.56 Å². The van der Waals surface area contributed by atoms with Gasteiger partial charge < -0.3 is 29.4 Å². The fraction of sp³-hybridized carbons (Fsp3) is 0.452. The molecule has 1 unspecified atom stereocenters. The van der Waals surface area contributed by atoms with E-state index >= 15 is 0 Å². The second-order valence-corrected chi connectivity index (χ2v) is 13.9. The van der Waals surface area contributed by atoms with Crippen molar-refractivity contribution in [3.05, 3.63) is 55.7 Å². The molecule has 17 heteroatoms. The highest BCUT2D eigenvalue weighted by Gasteiger charge is 2.63. The van der Waals surface area contributed by atoms with Crippen LogP contribution in [0.4, 0.5) is 5.69 Å². The summed E-state index contributed by atoms with van der Waals surface area (Å²) in [5.74, 6) is -7.78. The lowest BCUT2D eigenvalue weighted by Gasteiger charge is -2.48. The van der Waals surface area contributed by atoms with E-state index in [4.69, 9.17) is 29.4 Å². The fourth-order valence-electron chi connectivity index (χ4n) is 5.42. The summed E-state index contributed by atoms with van der Waals surface area (Å²) in [6.07, 6.45) is -3.38. The number of nitrogens with two attached hydrogens (primary N) is 1. The maximum atomic E-state index is 14.5. The zero-order valence-electron chi connectivity index (χ0n) is 26.7. The standard InChI is InChI=1S/C31H33I3N2O12/c1-7-18-24(32)19(8-2)26(34)23(25(18)33)17-9-10-20(21(11-17)36(42)43)30(41)31(47-16(6)40)29(35)28(46-15(5)39)27(45-14(4)38)22(48-31)12-44-13(3)37/h9-11,22,27-29H,7-8,12,35H2,1-6H3/t22-,27-,28+,29-,31?/m1/s1. The third kappa shape index (κ3) is 8.27. The van der Waals surface area contributed by atoms with Gasteiger partial charge in [-0.15, -0.1) is 0 Å². The Morgan fingerprint density at radius 2 is 1.42 bits per heavy atom. The van der Waals surface area contributed by atoms with Crippen LogP contribution in [-0.2, 0) is 55.7 Å². The molecular weight excluding hydrogens is 973 g/mol. The van der Waals surface area contributed by atoms with Crippen molar-refractivity contribution in [1.82, 2.24) is 0 Å². The number of ether oxygens (including phenoxy) is 5. The molecule has 0 aliphatic carbocycles. The smallest absolute Gasteiger partial charge is 0.305 e. The van der Waals surface area contributed by atoms with Crippen LogP contribution in [-0.4, -0.2) is 71.3 Å².